The Morgan fingerprint density at radius 3 is 2.00 bits per heavy atom. The summed E-state index contributed by atoms with van der Waals surface area (Å²) in [5, 5.41) is 5.24. The number of sulfonamides is 1. The summed E-state index contributed by atoms with van der Waals surface area (Å²) in [4.78, 5) is 27.1. The van der Waals surface area contributed by atoms with Gasteiger partial charge < -0.3 is 18.9 Å². The maximum atomic E-state index is 13.1. The van der Waals surface area contributed by atoms with Gasteiger partial charge in [-0.1, -0.05) is 0 Å². The van der Waals surface area contributed by atoms with Gasteiger partial charge in [0.1, 0.15) is 10.6 Å². The molecule has 2 aromatic carbocycles. The number of nitrogens with two attached hydrogens (primary N) is 1. The van der Waals surface area contributed by atoms with Crippen LogP contribution in [0.5, 0.6) is 23.0 Å². The number of hydrogen-bond acceptors (Lipinski definition) is 8. The van der Waals surface area contributed by atoms with Crippen molar-refractivity contribution in [1.29, 1.82) is 0 Å². The number of imide groups is 1. The van der Waals surface area contributed by atoms with Crippen LogP contribution in [0.1, 0.15) is 26.3 Å². The molecule has 10 nitrogen and oxygen atoms in total. The molecule has 11 heteroatoms. The van der Waals surface area contributed by atoms with E-state index in [-0.39, 0.29) is 46.2 Å². The predicted molar refractivity (Wildman–Crippen MR) is 110 cm³/mol. The van der Waals surface area contributed by atoms with E-state index < -0.39 is 21.8 Å². The minimum Gasteiger partial charge on any atom is -0.495 e. The number of hydrogen-bond donors (Lipinski definition) is 1. The first kappa shape index (κ1) is 22.4. The number of methoxy groups -OCH3 is 4. The highest BCUT2D eigenvalue weighted by atomic mass is 32.2. The van der Waals surface area contributed by atoms with E-state index in [9.17, 15) is 18.0 Å². The SMILES string of the molecule is COc1cc2c(cc1S(N)(=O)=O)CCN(C(=O)c1cc(OC)c(OC)c(OC)c1)C2=O. The van der Waals surface area contributed by atoms with Crippen molar-refractivity contribution in [1.82, 2.24) is 4.90 Å². The summed E-state index contributed by atoms with van der Waals surface area (Å²) in [6, 6.07) is 5.50. The average molecular weight is 450 g/mol. The molecule has 0 bridgehead atoms. The average Bonchev–Trinajstić information content (AvgIpc) is 2.76. The van der Waals surface area contributed by atoms with Gasteiger partial charge in [-0.3, -0.25) is 14.5 Å². The van der Waals surface area contributed by atoms with Crippen LogP contribution in [0.4, 0.5) is 0 Å². The van der Waals surface area contributed by atoms with E-state index in [4.69, 9.17) is 24.1 Å². The molecule has 2 N–H and O–H groups in total. The Kier molecular flexibility index (Phi) is 6.09. The summed E-state index contributed by atoms with van der Waals surface area (Å²) in [6.07, 6.45) is 0.254. The van der Waals surface area contributed by atoms with E-state index in [1.54, 1.807) is 0 Å². The molecule has 166 valence electrons. The molecule has 1 heterocycles. The monoisotopic (exact) mass is 450 g/mol. The zero-order chi connectivity index (χ0) is 22.9. The van der Waals surface area contributed by atoms with Crippen LogP contribution in [0.2, 0.25) is 0 Å². The van der Waals surface area contributed by atoms with Gasteiger partial charge in [-0.05, 0) is 36.2 Å². The van der Waals surface area contributed by atoms with E-state index in [1.165, 1.54) is 52.7 Å². The molecule has 0 saturated heterocycles. The van der Waals surface area contributed by atoms with Gasteiger partial charge >= 0.3 is 0 Å². The lowest BCUT2D eigenvalue weighted by Crippen LogP contribution is -2.42. The summed E-state index contributed by atoms with van der Waals surface area (Å²) in [5.74, 6) is -0.360. The minimum atomic E-state index is -4.05. The Morgan fingerprint density at radius 2 is 1.52 bits per heavy atom. The molecule has 0 aliphatic carbocycles. The van der Waals surface area contributed by atoms with E-state index >= 15 is 0 Å². The number of primary sulfonamides is 1. The van der Waals surface area contributed by atoms with Gasteiger partial charge in [0.25, 0.3) is 11.8 Å². The molecule has 0 spiro atoms. The molecular weight excluding hydrogens is 428 g/mol. The lowest BCUT2D eigenvalue weighted by molar-refractivity contribution is 0.0603. The van der Waals surface area contributed by atoms with Crippen LogP contribution in [-0.2, 0) is 16.4 Å². The van der Waals surface area contributed by atoms with E-state index in [1.807, 2.05) is 0 Å². The standard InChI is InChI=1S/C20H22N2O8S/c1-27-14-10-13-11(9-17(14)31(21,25)26)5-6-22(20(13)24)19(23)12-7-15(28-2)18(30-4)16(8-12)29-3/h7-10H,5-6H2,1-4H3,(H2,21,25,26). The second-order valence-corrected chi connectivity index (χ2v) is 8.16. The third kappa shape index (κ3) is 4.01. The smallest absolute Gasteiger partial charge is 0.261 e. The molecule has 1 aliphatic heterocycles. The molecule has 0 atom stereocenters. The number of fused-ring (bicyclic) bond motifs is 1. The Labute approximate surface area is 179 Å². The summed E-state index contributed by atoms with van der Waals surface area (Å²) in [5.41, 5.74) is 0.791. The van der Waals surface area contributed by atoms with Crippen LogP contribution in [0.15, 0.2) is 29.2 Å². The largest absolute Gasteiger partial charge is 0.495 e. The van der Waals surface area contributed by atoms with Gasteiger partial charge in [-0.2, -0.15) is 0 Å². The summed E-state index contributed by atoms with van der Waals surface area (Å²) in [7, 11) is 1.50. The Balaban J connectivity index is 2.03. The molecular formula is C20H22N2O8S. The van der Waals surface area contributed by atoms with Crippen molar-refractivity contribution in [3.63, 3.8) is 0 Å². The molecule has 0 unspecified atom stereocenters. The zero-order valence-electron chi connectivity index (χ0n) is 17.4. The Morgan fingerprint density at radius 1 is 0.935 bits per heavy atom. The third-order valence-electron chi connectivity index (χ3n) is 4.93. The van der Waals surface area contributed by atoms with Crippen molar-refractivity contribution in [2.75, 3.05) is 35.0 Å². The number of carbonyl (C=O) groups excluding carboxylic acids is 2. The Bertz CT molecular complexity index is 1140. The highest BCUT2D eigenvalue weighted by Crippen LogP contribution is 2.39. The number of nitrogens with zero attached hydrogens (tertiary/aromatic N) is 1. The van der Waals surface area contributed by atoms with Crippen molar-refractivity contribution >= 4 is 21.8 Å². The van der Waals surface area contributed by atoms with E-state index in [0.29, 0.717) is 11.3 Å². The highest BCUT2D eigenvalue weighted by molar-refractivity contribution is 7.89. The number of rotatable bonds is 6. The fourth-order valence-corrected chi connectivity index (χ4v) is 4.15. The first-order chi connectivity index (χ1) is 14.7. The maximum absolute atomic E-state index is 13.1. The summed E-state index contributed by atoms with van der Waals surface area (Å²) < 4.78 is 44.5. The minimum absolute atomic E-state index is 0.0533. The first-order valence-electron chi connectivity index (χ1n) is 9.06. The molecule has 2 aromatic rings. The van der Waals surface area contributed by atoms with Gasteiger partial charge in [-0.15, -0.1) is 0 Å². The van der Waals surface area contributed by atoms with Crippen LogP contribution in [0, 0.1) is 0 Å². The van der Waals surface area contributed by atoms with Crippen molar-refractivity contribution in [2.45, 2.75) is 11.3 Å². The fourth-order valence-electron chi connectivity index (χ4n) is 3.42. The quantitative estimate of drug-likeness (QED) is 0.649. The normalized spacial score (nSPS) is 13.5. The first-order valence-corrected chi connectivity index (χ1v) is 10.6. The van der Waals surface area contributed by atoms with Gasteiger partial charge in [0, 0.05) is 17.7 Å². The topological polar surface area (TPSA) is 134 Å². The van der Waals surface area contributed by atoms with Crippen molar-refractivity contribution < 1.29 is 37.0 Å². The molecule has 3 rings (SSSR count). The second kappa shape index (κ2) is 8.44. The van der Waals surface area contributed by atoms with Gasteiger partial charge in [0.2, 0.25) is 15.8 Å². The number of carbonyl (C=O) groups is 2. The van der Waals surface area contributed by atoms with Crippen LogP contribution in [-0.4, -0.2) is 60.1 Å². The van der Waals surface area contributed by atoms with Crippen LogP contribution >= 0.6 is 0 Å². The summed E-state index contributed by atoms with van der Waals surface area (Å²) in [6.45, 7) is 0.0533. The number of ether oxygens (including phenoxy) is 4. The maximum Gasteiger partial charge on any atom is 0.261 e. The van der Waals surface area contributed by atoms with Crippen molar-refractivity contribution in [2.24, 2.45) is 5.14 Å². The predicted octanol–water partition coefficient (Wildman–Crippen LogP) is 1.21. The van der Waals surface area contributed by atoms with Crippen LogP contribution in [0.3, 0.4) is 0 Å². The lowest BCUT2D eigenvalue weighted by Gasteiger charge is -2.28. The Hall–Kier alpha value is -3.31. The fraction of sp³-hybridized carbons (Fsp3) is 0.300. The number of amides is 2. The molecule has 0 saturated carbocycles. The van der Waals surface area contributed by atoms with Gasteiger partial charge in [0.05, 0.1) is 28.4 Å². The molecule has 0 fully saturated rings. The van der Waals surface area contributed by atoms with Crippen LogP contribution in [0.25, 0.3) is 0 Å². The summed E-state index contributed by atoms with van der Waals surface area (Å²) >= 11 is 0. The van der Waals surface area contributed by atoms with Gasteiger partial charge in [-0.25, -0.2) is 13.6 Å². The molecule has 0 aromatic heterocycles. The highest BCUT2D eigenvalue weighted by Gasteiger charge is 2.33. The van der Waals surface area contributed by atoms with Gasteiger partial charge in [0.15, 0.2) is 11.5 Å². The molecule has 2 amide bonds. The lowest BCUT2D eigenvalue weighted by atomic mass is 9.97. The van der Waals surface area contributed by atoms with Crippen molar-refractivity contribution in [3.8, 4) is 23.0 Å². The van der Waals surface area contributed by atoms with Crippen LogP contribution < -0.4 is 24.1 Å². The van der Waals surface area contributed by atoms with E-state index in [0.717, 1.165) is 4.90 Å². The van der Waals surface area contributed by atoms with E-state index in [2.05, 4.69) is 0 Å². The molecule has 1 aliphatic rings. The molecule has 0 radical (unpaired) electrons. The second-order valence-electron chi connectivity index (χ2n) is 6.63. The molecule has 31 heavy (non-hydrogen) atoms. The third-order valence-corrected chi connectivity index (χ3v) is 5.87. The zero-order valence-corrected chi connectivity index (χ0v) is 18.2. The number of benzene rings is 2. The van der Waals surface area contributed by atoms with Crippen molar-refractivity contribution in [3.05, 3.63) is 41.0 Å².